The second kappa shape index (κ2) is 8.79. The van der Waals surface area contributed by atoms with Crippen LogP contribution in [-0.4, -0.2) is 6.71 Å². The molecule has 0 radical (unpaired) electrons. The van der Waals surface area contributed by atoms with Crippen molar-refractivity contribution in [3.63, 3.8) is 0 Å². The lowest BCUT2D eigenvalue weighted by Crippen LogP contribution is -2.54. The zero-order valence-electron chi connectivity index (χ0n) is 27.3. The van der Waals surface area contributed by atoms with Crippen molar-refractivity contribution in [2.45, 2.75) is 59.3 Å². The Balaban J connectivity index is 1.45. The molecular weight excluding hydrogens is 541 g/mol. The average molecular weight is 580 g/mol. The number of benzene rings is 7. The fraction of sp³-hybridized carbons (Fsp3) is 0.209. The molecule has 7 aromatic rings. The standard InChI is InChI=1S/C43H38BN/c1-25-23-32(42(2,3)4)29-21-22-31-38(24-33(43(5,6)7)30-20-19-26(25)39(29)40(30)31)45-36-17-11-10-16-35(36)44-34-15-9-8-13-27(34)28-14-12-18-37(45)41(28)44/h8-24H,1-7H3. The molecule has 0 aromatic heterocycles. The molecule has 0 amide bonds. The molecule has 0 aliphatic carbocycles. The van der Waals surface area contributed by atoms with Crippen molar-refractivity contribution in [1.82, 2.24) is 0 Å². The number of hydrogen-bond donors (Lipinski definition) is 0. The maximum Gasteiger partial charge on any atom is 0.248 e. The van der Waals surface area contributed by atoms with E-state index in [2.05, 4.69) is 156 Å². The highest BCUT2D eigenvalue weighted by Gasteiger charge is 2.42. The first-order valence-corrected chi connectivity index (χ1v) is 16.4. The highest BCUT2D eigenvalue weighted by Crippen LogP contribution is 2.50. The van der Waals surface area contributed by atoms with Gasteiger partial charge in [-0.1, -0.05) is 132 Å². The summed E-state index contributed by atoms with van der Waals surface area (Å²) in [5, 5.41) is 8.26. The highest BCUT2D eigenvalue weighted by atomic mass is 15.2. The van der Waals surface area contributed by atoms with Crippen molar-refractivity contribution in [3.05, 3.63) is 120 Å². The van der Waals surface area contributed by atoms with Crippen LogP contribution in [-0.2, 0) is 10.8 Å². The fourth-order valence-corrected chi connectivity index (χ4v) is 8.66. The van der Waals surface area contributed by atoms with Gasteiger partial charge in [0.25, 0.3) is 0 Å². The van der Waals surface area contributed by atoms with E-state index < -0.39 is 0 Å². The third kappa shape index (κ3) is 3.51. The van der Waals surface area contributed by atoms with E-state index in [1.165, 1.54) is 93.6 Å². The SMILES string of the molecule is Cc1cc(C(C)(C)C)c2ccc3c(N4c5ccccc5B5c6ccccc6-c6cccc4c65)cc(C(C)(C)C)c4ccc1c2c34. The van der Waals surface area contributed by atoms with Gasteiger partial charge in [0.2, 0.25) is 6.71 Å². The number of nitrogens with zero attached hydrogens (tertiary/aromatic N) is 1. The molecular formula is C43H38BN. The van der Waals surface area contributed by atoms with Crippen LogP contribution in [0.1, 0.15) is 58.2 Å². The van der Waals surface area contributed by atoms with Crippen molar-refractivity contribution in [2.24, 2.45) is 0 Å². The number of fused-ring (bicyclic) bond motifs is 5. The van der Waals surface area contributed by atoms with Crippen molar-refractivity contribution < 1.29 is 0 Å². The zero-order valence-corrected chi connectivity index (χ0v) is 27.3. The number of hydrogen-bond acceptors (Lipinski definition) is 1. The fourth-order valence-electron chi connectivity index (χ4n) is 8.66. The smallest absolute Gasteiger partial charge is 0.248 e. The molecule has 2 heteroatoms. The van der Waals surface area contributed by atoms with E-state index in [1.807, 2.05) is 0 Å². The predicted octanol–water partition coefficient (Wildman–Crippen LogP) is 9.77. The van der Waals surface area contributed by atoms with Crippen LogP contribution >= 0.6 is 0 Å². The molecule has 0 saturated heterocycles. The Labute approximate surface area is 266 Å². The van der Waals surface area contributed by atoms with E-state index in [0.29, 0.717) is 0 Å². The Morgan fingerprint density at radius 2 is 1.04 bits per heavy atom. The first-order chi connectivity index (χ1) is 21.5. The Kier molecular flexibility index (Phi) is 5.24. The summed E-state index contributed by atoms with van der Waals surface area (Å²) >= 11 is 0. The minimum absolute atomic E-state index is 0.0360. The quantitative estimate of drug-likeness (QED) is 0.138. The van der Waals surface area contributed by atoms with E-state index in [4.69, 9.17) is 0 Å². The number of rotatable bonds is 1. The van der Waals surface area contributed by atoms with E-state index in [-0.39, 0.29) is 17.5 Å². The van der Waals surface area contributed by atoms with Gasteiger partial charge in [0, 0.05) is 16.8 Å². The summed E-state index contributed by atoms with van der Waals surface area (Å²) in [7, 11) is 0. The van der Waals surface area contributed by atoms with Crippen LogP contribution in [0.25, 0.3) is 43.4 Å². The Hall–Kier alpha value is -4.56. The third-order valence-electron chi connectivity index (χ3n) is 10.6. The van der Waals surface area contributed by atoms with Crippen LogP contribution in [0, 0.1) is 6.92 Å². The summed E-state index contributed by atoms with van der Waals surface area (Å²) in [6.45, 7) is 16.7. The summed E-state index contributed by atoms with van der Waals surface area (Å²) in [6.07, 6.45) is 0. The van der Waals surface area contributed by atoms with Gasteiger partial charge >= 0.3 is 0 Å². The van der Waals surface area contributed by atoms with Gasteiger partial charge in [-0.15, -0.1) is 0 Å². The minimum atomic E-state index is -0.0360. The molecule has 218 valence electrons. The summed E-state index contributed by atoms with van der Waals surface area (Å²) in [6, 6.07) is 39.6. The van der Waals surface area contributed by atoms with Gasteiger partial charge in [-0.05, 0) is 102 Å². The molecule has 7 aromatic carbocycles. The molecule has 1 nitrogen and oxygen atoms in total. The van der Waals surface area contributed by atoms with Crippen LogP contribution in [0.2, 0.25) is 0 Å². The van der Waals surface area contributed by atoms with Crippen molar-refractivity contribution in [3.8, 4) is 11.1 Å². The van der Waals surface area contributed by atoms with Crippen molar-refractivity contribution in [1.29, 1.82) is 0 Å². The van der Waals surface area contributed by atoms with Gasteiger partial charge in [0.05, 0.1) is 5.69 Å². The van der Waals surface area contributed by atoms with E-state index >= 15 is 0 Å². The van der Waals surface area contributed by atoms with Crippen LogP contribution < -0.4 is 21.3 Å². The topological polar surface area (TPSA) is 3.24 Å². The summed E-state index contributed by atoms with van der Waals surface area (Å²) in [4.78, 5) is 2.59. The Morgan fingerprint density at radius 1 is 0.489 bits per heavy atom. The van der Waals surface area contributed by atoms with Gasteiger partial charge in [-0.25, -0.2) is 0 Å². The average Bonchev–Trinajstić information content (AvgIpc) is 3.35. The maximum atomic E-state index is 2.59. The molecule has 0 bridgehead atoms. The number of anilines is 3. The molecule has 0 saturated carbocycles. The van der Waals surface area contributed by atoms with Crippen LogP contribution in [0.5, 0.6) is 0 Å². The number of para-hydroxylation sites is 1. The molecule has 2 heterocycles. The highest BCUT2D eigenvalue weighted by molar-refractivity contribution is 7.01. The zero-order chi connectivity index (χ0) is 31.0. The number of aryl methyl sites for hydroxylation is 1. The lowest BCUT2D eigenvalue weighted by molar-refractivity contribution is 0.595. The summed E-state index contributed by atoms with van der Waals surface area (Å²) in [5.74, 6) is 0. The van der Waals surface area contributed by atoms with Gasteiger partial charge in [-0.3, -0.25) is 0 Å². The molecule has 2 aliphatic heterocycles. The predicted molar refractivity (Wildman–Crippen MR) is 197 cm³/mol. The van der Waals surface area contributed by atoms with Gasteiger partial charge in [0.1, 0.15) is 0 Å². The molecule has 0 N–H and O–H groups in total. The molecule has 0 unspecified atom stereocenters. The first-order valence-electron chi connectivity index (χ1n) is 16.4. The lowest BCUT2D eigenvalue weighted by Gasteiger charge is -2.38. The minimum Gasteiger partial charge on any atom is -0.311 e. The Morgan fingerprint density at radius 3 is 1.78 bits per heavy atom. The summed E-state index contributed by atoms with van der Waals surface area (Å²) in [5.41, 5.74) is 15.0. The van der Waals surface area contributed by atoms with Crippen LogP contribution in [0.4, 0.5) is 17.1 Å². The third-order valence-corrected chi connectivity index (χ3v) is 10.6. The van der Waals surface area contributed by atoms with Gasteiger partial charge in [0.15, 0.2) is 0 Å². The second-order valence-corrected chi connectivity index (χ2v) is 15.4. The lowest BCUT2D eigenvalue weighted by atomic mass is 9.37. The monoisotopic (exact) mass is 579 g/mol. The molecule has 9 rings (SSSR count). The van der Waals surface area contributed by atoms with Gasteiger partial charge in [-0.2, -0.15) is 0 Å². The van der Waals surface area contributed by atoms with E-state index in [1.54, 1.807) is 0 Å². The largest absolute Gasteiger partial charge is 0.311 e. The molecule has 0 spiro atoms. The maximum absolute atomic E-state index is 2.59. The normalized spacial score (nSPS) is 14.0. The summed E-state index contributed by atoms with van der Waals surface area (Å²) < 4.78 is 0. The Bertz CT molecular complexity index is 2360. The van der Waals surface area contributed by atoms with E-state index in [9.17, 15) is 0 Å². The molecule has 0 atom stereocenters. The second-order valence-electron chi connectivity index (χ2n) is 15.4. The first kappa shape index (κ1) is 26.8. The van der Waals surface area contributed by atoms with E-state index in [0.717, 1.165) is 0 Å². The molecule has 0 fully saturated rings. The van der Waals surface area contributed by atoms with Crippen LogP contribution in [0.15, 0.2) is 103 Å². The molecule has 45 heavy (non-hydrogen) atoms. The van der Waals surface area contributed by atoms with Gasteiger partial charge < -0.3 is 4.90 Å². The molecule has 2 aliphatic rings. The van der Waals surface area contributed by atoms with Crippen molar-refractivity contribution >= 4 is 72.5 Å². The van der Waals surface area contributed by atoms with Crippen LogP contribution in [0.3, 0.4) is 0 Å². The van der Waals surface area contributed by atoms with Crippen molar-refractivity contribution in [2.75, 3.05) is 4.90 Å².